The van der Waals surface area contributed by atoms with Crippen molar-refractivity contribution in [2.75, 3.05) is 0 Å². The Morgan fingerprint density at radius 3 is 2.60 bits per heavy atom. The number of hydrogen-bond acceptors (Lipinski definition) is 4. The number of hydrogen-bond donors (Lipinski definition) is 1. The van der Waals surface area contributed by atoms with Gasteiger partial charge in [0.1, 0.15) is 10.7 Å². The first-order chi connectivity index (χ1) is 11.9. The van der Waals surface area contributed by atoms with Gasteiger partial charge in [-0.15, -0.1) is 11.3 Å². The van der Waals surface area contributed by atoms with Crippen LogP contribution in [0.3, 0.4) is 0 Å². The molecule has 0 saturated carbocycles. The van der Waals surface area contributed by atoms with Crippen LogP contribution in [0.25, 0.3) is 10.6 Å². The molecule has 2 aromatic heterocycles. The summed E-state index contributed by atoms with van der Waals surface area (Å²) in [5, 5.41) is 9.88. The van der Waals surface area contributed by atoms with Crippen LogP contribution in [0.5, 0.6) is 0 Å². The highest BCUT2D eigenvalue weighted by Crippen LogP contribution is 2.25. The fourth-order valence-electron chi connectivity index (χ4n) is 2.60. The third-order valence-electron chi connectivity index (χ3n) is 4.09. The molecule has 0 aliphatic carbocycles. The van der Waals surface area contributed by atoms with Gasteiger partial charge in [-0.25, -0.2) is 4.98 Å². The van der Waals surface area contributed by atoms with Crippen molar-refractivity contribution in [1.29, 1.82) is 0 Å². The predicted octanol–water partition coefficient (Wildman–Crippen LogP) is 3.91. The standard InChI is InChI=1S/C19H22N4OS/c1-12(2)14-5-7-15(8-6-14)19-21-17(11-25-19)18(24)20-9-16-13(3)10-23(4)22-16/h5-8,10-12H,9H2,1-4H3,(H,20,24). The van der Waals surface area contributed by atoms with Crippen molar-refractivity contribution in [2.24, 2.45) is 7.05 Å². The molecule has 0 aliphatic heterocycles. The molecule has 1 aromatic carbocycles. The van der Waals surface area contributed by atoms with Crippen molar-refractivity contribution in [2.45, 2.75) is 33.2 Å². The van der Waals surface area contributed by atoms with Crippen molar-refractivity contribution in [1.82, 2.24) is 20.1 Å². The summed E-state index contributed by atoms with van der Waals surface area (Å²) in [7, 11) is 1.87. The van der Waals surface area contributed by atoms with E-state index in [1.165, 1.54) is 16.9 Å². The molecular formula is C19H22N4OS. The molecule has 130 valence electrons. The number of aryl methyl sites for hydroxylation is 2. The van der Waals surface area contributed by atoms with Crippen LogP contribution in [0.1, 0.15) is 47.1 Å². The molecule has 0 spiro atoms. The van der Waals surface area contributed by atoms with E-state index in [9.17, 15) is 4.79 Å². The normalized spacial score (nSPS) is 11.1. The molecule has 0 aliphatic rings. The van der Waals surface area contributed by atoms with Crippen molar-refractivity contribution >= 4 is 17.2 Å². The molecule has 0 atom stereocenters. The maximum absolute atomic E-state index is 12.3. The summed E-state index contributed by atoms with van der Waals surface area (Å²) in [4.78, 5) is 16.8. The van der Waals surface area contributed by atoms with Crippen LogP contribution in [0.4, 0.5) is 0 Å². The zero-order valence-corrected chi connectivity index (χ0v) is 15.7. The number of carbonyl (C=O) groups is 1. The smallest absolute Gasteiger partial charge is 0.271 e. The van der Waals surface area contributed by atoms with Crippen molar-refractivity contribution in [3.63, 3.8) is 0 Å². The average molecular weight is 354 g/mol. The van der Waals surface area contributed by atoms with Gasteiger partial charge in [0.2, 0.25) is 0 Å². The molecule has 25 heavy (non-hydrogen) atoms. The van der Waals surface area contributed by atoms with Gasteiger partial charge >= 0.3 is 0 Å². The number of amides is 1. The zero-order chi connectivity index (χ0) is 18.0. The largest absolute Gasteiger partial charge is 0.345 e. The fourth-order valence-corrected chi connectivity index (χ4v) is 3.41. The Hall–Kier alpha value is -2.47. The SMILES string of the molecule is Cc1cn(C)nc1CNC(=O)c1csc(-c2ccc(C(C)C)cc2)n1. The molecule has 3 rings (SSSR count). The fraction of sp³-hybridized carbons (Fsp3) is 0.316. The lowest BCUT2D eigenvalue weighted by Crippen LogP contribution is -2.23. The summed E-state index contributed by atoms with van der Waals surface area (Å²) >= 11 is 1.48. The van der Waals surface area contributed by atoms with Gasteiger partial charge in [-0.05, 0) is 24.0 Å². The summed E-state index contributed by atoms with van der Waals surface area (Å²) in [5.41, 5.74) is 4.71. The number of aromatic nitrogens is 3. The highest BCUT2D eigenvalue weighted by atomic mass is 32.1. The molecule has 2 heterocycles. The molecule has 0 saturated heterocycles. The van der Waals surface area contributed by atoms with Gasteiger partial charge in [0.15, 0.2) is 0 Å². The second kappa shape index (κ2) is 7.19. The van der Waals surface area contributed by atoms with Crippen LogP contribution >= 0.6 is 11.3 Å². The predicted molar refractivity (Wildman–Crippen MR) is 101 cm³/mol. The first-order valence-corrected chi connectivity index (χ1v) is 9.15. The quantitative estimate of drug-likeness (QED) is 0.756. The second-order valence-corrected chi connectivity index (χ2v) is 7.29. The van der Waals surface area contributed by atoms with Crippen LogP contribution in [0, 0.1) is 6.92 Å². The molecule has 0 radical (unpaired) electrons. The monoisotopic (exact) mass is 354 g/mol. The molecule has 1 amide bonds. The molecule has 0 fully saturated rings. The Bertz CT molecular complexity index is 877. The van der Waals surface area contributed by atoms with E-state index >= 15 is 0 Å². The Labute approximate surface area is 151 Å². The van der Waals surface area contributed by atoms with E-state index in [0.717, 1.165) is 21.8 Å². The maximum atomic E-state index is 12.3. The number of nitrogens with zero attached hydrogens (tertiary/aromatic N) is 3. The Morgan fingerprint density at radius 1 is 1.28 bits per heavy atom. The molecular weight excluding hydrogens is 332 g/mol. The third kappa shape index (κ3) is 3.96. The average Bonchev–Trinajstić information content (AvgIpc) is 3.19. The number of rotatable bonds is 5. The highest BCUT2D eigenvalue weighted by Gasteiger charge is 2.13. The molecule has 0 bridgehead atoms. The van der Waals surface area contributed by atoms with Gasteiger partial charge in [-0.3, -0.25) is 9.48 Å². The molecule has 3 aromatic rings. The van der Waals surface area contributed by atoms with Crippen molar-refractivity contribution < 1.29 is 4.79 Å². The maximum Gasteiger partial charge on any atom is 0.271 e. The van der Waals surface area contributed by atoms with Crippen LogP contribution < -0.4 is 5.32 Å². The number of thiazole rings is 1. The summed E-state index contributed by atoms with van der Waals surface area (Å²) in [6.45, 7) is 6.73. The minimum Gasteiger partial charge on any atom is -0.345 e. The van der Waals surface area contributed by atoms with Crippen molar-refractivity contribution in [3.8, 4) is 10.6 Å². The van der Waals surface area contributed by atoms with E-state index in [0.29, 0.717) is 18.2 Å². The molecule has 0 unspecified atom stereocenters. The molecule has 6 heteroatoms. The van der Waals surface area contributed by atoms with Gasteiger partial charge in [0, 0.05) is 24.2 Å². The minimum atomic E-state index is -0.175. The summed E-state index contributed by atoms with van der Waals surface area (Å²) in [6.07, 6.45) is 1.93. The topological polar surface area (TPSA) is 59.8 Å². The van der Waals surface area contributed by atoms with Crippen LogP contribution in [-0.2, 0) is 13.6 Å². The van der Waals surface area contributed by atoms with Crippen molar-refractivity contribution in [3.05, 3.63) is 58.4 Å². The number of carbonyl (C=O) groups excluding carboxylic acids is 1. The third-order valence-corrected chi connectivity index (χ3v) is 4.98. The Kier molecular flexibility index (Phi) is 4.99. The van der Waals surface area contributed by atoms with Gasteiger partial charge in [0.25, 0.3) is 5.91 Å². The molecule has 5 nitrogen and oxygen atoms in total. The van der Waals surface area contributed by atoms with Gasteiger partial charge < -0.3 is 5.32 Å². The number of nitrogens with one attached hydrogen (secondary N) is 1. The van der Waals surface area contributed by atoms with Crippen LogP contribution in [0.2, 0.25) is 0 Å². The van der Waals surface area contributed by atoms with Crippen LogP contribution in [-0.4, -0.2) is 20.7 Å². The van der Waals surface area contributed by atoms with Gasteiger partial charge in [-0.1, -0.05) is 38.1 Å². The Morgan fingerprint density at radius 2 is 2.00 bits per heavy atom. The lowest BCUT2D eigenvalue weighted by atomic mass is 10.0. The van der Waals surface area contributed by atoms with E-state index in [-0.39, 0.29) is 5.91 Å². The van der Waals surface area contributed by atoms with E-state index in [1.807, 2.05) is 20.2 Å². The highest BCUT2D eigenvalue weighted by molar-refractivity contribution is 7.13. The summed E-state index contributed by atoms with van der Waals surface area (Å²) in [6, 6.07) is 8.36. The summed E-state index contributed by atoms with van der Waals surface area (Å²) in [5.74, 6) is 0.327. The second-order valence-electron chi connectivity index (χ2n) is 6.43. The summed E-state index contributed by atoms with van der Waals surface area (Å²) < 4.78 is 1.75. The van der Waals surface area contributed by atoms with Gasteiger partial charge in [-0.2, -0.15) is 5.10 Å². The number of benzene rings is 1. The van der Waals surface area contributed by atoms with E-state index in [4.69, 9.17) is 0 Å². The zero-order valence-electron chi connectivity index (χ0n) is 14.9. The lowest BCUT2D eigenvalue weighted by molar-refractivity contribution is 0.0946. The lowest BCUT2D eigenvalue weighted by Gasteiger charge is -2.05. The van der Waals surface area contributed by atoms with E-state index in [1.54, 1.807) is 10.1 Å². The van der Waals surface area contributed by atoms with Crippen LogP contribution in [0.15, 0.2) is 35.8 Å². The first kappa shape index (κ1) is 17.4. The van der Waals surface area contributed by atoms with E-state index in [2.05, 4.69) is 53.5 Å². The first-order valence-electron chi connectivity index (χ1n) is 8.27. The molecule has 1 N–H and O–H groups in total. The minimum absolute atomic E-state index is 0.175. The van der Waals surface area contributed by atoms with E-state index < -0.39 is 0 Å². The Balaban J connectivity index is 1.68. The van der Waals surface area contributed by atoms with Gasteiger partial charge in [0.05, 0.1) is 12.2 Å².